The van der Waals surface area contributed by atoms with Crippen molar-refractivity contribution in [3.63, 3.8) is 0 Å². The molecule has 0 aliphatic rings. The van der Waals surface area contributed by atoms with Gasteiger partial charge in [-0.1, -0.05) is 30.3 Å². The molecule has 0 fully saturated rings. The number of amides is 1. The smallest absolute Gasteiger partial charge is 0.253 e. The molecule has 0 saturated heterocycles. The van der Waals surface area contributed by atoms with Crippen LogP contribution in [-0.4, -0.2) is 24.4 Å². The van der Waals surface area contributed by atoms with Gasteiger partial charge in [-0.05, 0) is 42.7 Å². The predicted molar refractivity (Wildman–Crippen MR) is 81.3 cm³/mol. The summed E-state index contributed by atoms with van der Waals surface area (Å²) in [7, 11) is 0. The zero-order valence-corrected chi connectivity index (χ0v) is 11.8. The normalized spacial score (nSPS) is 10.1. The Balaban J connectivity index is 1.75. The van der Waals surface area contributed by atoms with Crippen LogP contribution < -0.4 is 10.1 Å². The first-order chi connectivity index (χ1) is 10.3. The van der Waals surface area contributed by atoms with Crippen LogP contribution in [0, 0.1) is 0 Å². The van der Waals surface area contributed by atoms with Crippen LogP contribution in [0.3, 0.4) is 0 Å². The lowest BCUT2D eigenvalue weighted by atomic mass is 10.1. The molecular weight excluding hydrogens is 266 g/mol. The predicted octanol–water partition coefficient (Wildman–Crippen LogP) is 2.38. The monoisotopic (exact) mass is 285 g/mol. The quantitative estimate of drug-likeness (QED) is 0.606. The van der Waals surface area contributed by atoms with Crippen molar-refractivity contribution in [3.05, 3.63) is 65.7 Å². The number of benzene rings is 2. The molecule has 0 unspecified atom stereocenters. The Kier molecular flexibility index (Phi) is 5.79. The number of aliphatic hydroxyl groups excluding tert-OH is 1. The molecule has 0 heterocycles. The summed E-state index contributed by atoms with van der Waals surface area (Å²) in [5, 5.41) is 11.0. The summed E-state index contributed by atoms with van der Waals surface area (Å²) in [5.74, 6) is 0.441. The minimum absolute atomic E-state index is 0.298. The second-order valence-corrected chi connectivity index (χ2v) is 4.63. The zero-order chi connectivity index (χ0) is 14.9. The summed E-state index contributed by atoms with van der Waals surface area (Å²) in [5.41, 5.74) is 1.80. The van der Waals surface area contributed by atoms with Crippen LogP contribution in [0.1, 0.15) is 22.3 Å². The second kappa shape index (κ2) is 8.07. The van der Waals surface area contributed by atoms with E-state index in [1.54, 1.807) is 24.3 Å². The van der Waals surface area contributed by atoms with E-state index in [9.17, 15) is 4.79 Å². The summed E-state index contributed by atoms with van der Waals surface area (Å²) in [6.07, 6.45) is 1.93. The van der Waals surface area contributed by atoms with Gasteiger partial charge in [0.25, 0.3) is 5.91 Å². The minimum Gasteiger partial charge on any atom is -0.494 e. The Hall–Kier alpha value is -2.33. The zero-order valence-electron chi connectivity index (χ0n) is 11.8. The number of ether oxygens (including phenoxy) is 1. The molecule has 4 nitrogen and oxygen atoms in total. The Morgan fingerprint density at radius 3 is 2.43 bits per heavy atom. The van der Waals surface area contributed by atoms with Crippen molar-refractivity contribution in [2.24, 2.45) is 0 Å². The Morgan fingerprint density at radius 2 is 1.76 bits per heavy atom. The number of rotatable bonds is 7. The third kappa shape index (κ3) is 4.93. The molecule has 110 valence electrons. The van der Waals surface area contributed by atoms with Crippen molar-refractivity contribution in [1.29, 1.82) is 0 Å². The Bertz CT molecular complexity index is 552. The fourth-order valence-corrected chi connectivity index (χ4v) is 1.99. The molecule has 0 spiro atoms. The van der Waals surface area contributed by atoms with E-state index in [0.29, 0.717) is 12.2 Å². The summed E-state index contributed by atoms with van der Waals surface area (Å²) in [6.45, 7) is 0.271. The highest BCUT2D eigenvalue weighted by Crippen LogP contribution is 2.13. The Morgan fingerprint density at radius 1 is 1.05 bits per heavy atom. The highest BCUT2D eigenvalue weighted by atomic mass is 16.5. The van der Waals surface area contributed by atoms with Crippen molar-refractivity contribution < 1.29 is 14.6 Å². The largest absolute Gasteiger partial charge is 0.494 e. The summed E-state index contributed by atoms with van der Waals surface area (Å²) >= 11 is 0. The maximum atomic E-state index is 11.5. The van der Waals surface area contributed by atoms with Crippen LogP contribution in [0.25, 0.3) is 0 Å². The van der Waals surface area contributed by atoms with Crippen LogP contribution in [0.5, 0.6) is 5.75 Å². The number of carbonyl (C=O) groups excluding carboxylic acids is 1. The molecule has 0 aromatic heterocycles. The lowest BCUT2D eigenvalue weighted by Crippen LogP contribution is -2.23. The van der Waals surface area contributed by atoms with Crippen LogP contribution in [-0.2, 0) is 6.42 Å². The third-order valence-electron chi connectivity index (χ3n) is 3.08. The van der Waals surface area contributed by atoms with Gasteiger partial charge >= 0.3 is 0 Å². The van der Waals surface area contributed by atoms with Gasteiger partial charge in [-0.25, -0.2) is 0 Å². The number of aryl methyl sites for hydroxylation is 1. The highest BCUT2D eigenvalue weighted by Gasteiger charge is 2.04. The third-order valence-corrected chi connectivity index (χ3v) is 3.08. The van der Waals surface area contributed by atoms with Crippen LogP contribution in [0.15, 0.2) is 54.6 Å². The molecular formula is C17H19NO3. The van der Waals surface area contributed by atoms with E-state index >= 15 is 0 Å². The van der Waals surface area contributed by atoms with E-state index in [4.69, 9.17) is 9.84 Å². The summed E-state index contributed by atoms with van der Waals surface area (Å²) in [4.78, 5) is 11.5. The highest BCUT2D eigenvalue weighted by molar-refractivity contribution is 5.94. The van der Waals surface area contributed by atoms with Gasteiger partial charge < -0.3 is 15.2 Å². The van der Waals surface area contributed by atoms with Gasteiger partial charge in [-0.2, -0.15) is 0 Å². The van der Waals surface area contributed by atoms with Crippen LogP contribution >= 0.6 is 0 Å². The average Bonchev–Trinajstić information content (AvgIpc) is 2.53. The molecule has 0 aliphatic heterocycles. The van der Waals surface area contributed by atoms with Crippen molar-refractivity contribution in [1.82, 2.24) is 5.32 Å². The molecule has 2 rings (SSSR count). The van der Waals surface area contributed by atoms with Gasteiger partial charge in [0, 0.05) is 5.56 Å². The number of hydrogen-bond donors (Lipinski definition) is 2. The maximum Gasteiger partial charge on any atom is 0.253 e. The molecule has 0 bridgehead atoms. The fraction of sp³-hybridized carbons (Fsp3) is 0.235. The van der Waals surface area contributed by atoms with E-state index in [-0.39, 0.29) is 12.6 Å². The number of aliphatic hydroxyl groups is 1. The first-order valence-corrected chi connectivity index (χ1v) is 6.95. The van der Waals surface area contributed by atoms with E-state index < -0.39 is 0 Å². The molecule has 2 aromatic rings. The first-order valence-electron chi connectivity index (χ1n) is 6.95. The molecule has 2 N–H and O–H groups in total. The number of carbonyl (C=O) groups is 1. The second-order valence-electron chi connectivity index (χ2n) is 4.63. The van der Waals surface area contributed by atoms with Crippen molar-refractivity contribution in [2.75, 3.05) is 13.3 Å². The molecule has 4 heteroatoms. The van der Waals surface area contributed by atoms with Crippen molar-refractivity contribution in [2.45, 2.75) is 12.8 Å². The van der Waals surface area contributed by atoms with Gasteiger partial charge in [0.05, 0.1) is 6.61 Å². The van der Waals surface area contributed by atoms with Gasteiger partial charge in [-0.15, -0.1) is 0 Å². The van der Waals surface area contributed by atoms with Gasteiger partial charge in [0.1, 0.15) is 12.5 Å². The molecule has 2 aromatic carbocycles. The lowest BCUT2D eigenvalue weighted by Gasteiger charge is -2.07. The minimum atomic E-state index is -0.365. The SMILES string of the molecule is O=C(NCO)c1ccc(OCCCc2ccccc2)cc1. The summed E-state index contributed by atoms with van der Waals surface area (Å²) < 4.78 is 5.64. The van der Waals surface area contributed by atoms with Gasteiger partial charge in [-0.3, -0.25) is 4.79 Å². The molecule has 0 saturated carbocycles. The summed E-state index contributed by atoms with van der Waals surface area (Å²) in [6, 6.07) is 17.2. The van der Waals surface area contributed by atoms with E-state index in [2.05, 4.69) is 17.4 Å². The first kappa shape index (κ1) is 15.1. The standard InChI is InChI=1S/C17H19NO3/c19-13-18-17(20)15-8-10-16(11-9-15)21-12-4-7-14-5-2-1-3-6-14/h1-3,5-6,8-11,19H,4,7,12-13H2,(H,18,20). The average molecular weight is 285 g/mol. The number of nitrogens with one attached hydrogen (secondary N) is 1. The Labute approximate surface area is 124 Å². The van der Waals surface area contributed by atoms with E-state index in [1.807, 2.05) is 18.2 Å². The fourth-order valence-electron chi connectivity index (χ4n) is 1.99. The molecule has 0 atom stereocenters. The number of hydrogen-bond acceptors (Lipinski definition) is 3. The molecule has 21 heavy (non-hydrogen) atoms. The van der Waals surface area contributed by atoms with Crippen molar-refractivity contribution in [3.8, 4) is 5.75 Å². The van der Waals surface area contributed by atoms with Crippen molar-refractivity contribution >= 4 is 5.91 Å². The maximum absolute atomic E-state index is 11.5. The lowest BCUT2D eigenvalue weighted by molar-refractivity contribution is 0.0910. The van der Waals surface area contributed by atoms with Crippen LogP contribution in [0.4, 0.5) is 0 Å². The van der Waals surface area contributed by atoms with Gasteiger partial charge in [0.15, 0.2) is 0 Å². The molecule has 1 amide bonds. The van der Waals surface area contributed by atoms with E-state index in [0.717, 1.165) is 18.6 Å². The van der Waals surface area contributed by atoms with E-state index in [1.165, 1.54) is 5.56 Å². The van der Waals surface area contributed by atoms with Gasteiger partial charge in [0.2, 0.25) is 0 Å². The molecule has 0 aliphatic carbocycles. The van der Waals surface area contributed by atoms with Crippen LogP contribution in [0.2, 0.25) is 0 Å². The molecule has 0 radical (unpaired) electrons. The topological polar surface area (TPSA) is 58.6 Å².